The summed E-state index contributed by atoms with van der Waals surface area (Å²) >= 11 is 0. The number of methoxy groups -OCH3 is 1. The van der Waals surface area contributed by atoms with E-state index in [-0.39, 0.29) is 6.61 Å². The maximum Gasteiger partial charge on any atom is 0.344 e. The number of ether oxygens (including phenoxy) is 2. The number of hydrogen-bond donors (Lipinski definition) is 1. The van der Waals surface area contributed by atoms with Crippen molar-refractivity contribution < 1.29 is 19.0 Å². The lowest BCUT2D eigenvalue weighted by Gasteiger charge is -2.11. The lowest BCUT2D eigenvalue weighted by Crippen LogP contribution is -2.02. The van der Waals surface area contributed by atoms with Crippen molar-refractivity contribution in [1.29, 1.82) is 0 Å². The third-order valence-electron chi connectivity index (χ3n) is 4.51. The van der Waals surface area contributed by atoms with Gasteiger partial charge in [0.15, 0.2) is 0 Å². The second-order valence-corrected chi connectivity index (χ2v) is 6.19. The third kappa shape index (κ3) is 3.25. The van der Waals surface area contributed by atoms with E-state index in [1.165, 1.54) is 0 Å². The molecule has 5 heteroatoms. The molecule has 27 heavy (non-hydrogen) atoms. The predicted molar refractivity (Wildman–Crippen MR) is 103 cm³/mol. The Morgan fingerprint density at radius 3 is 2.48 bits per heavy atom. The first-order chi connectivity index (χ1) is 13.2. The fourth-order valence-electron chi connectivity index (χ4n) is 3.08. The summed E-state index contributed by atoms with van der Waals surface area (Å²) in [4.78, 5) is 12.3. The number of aliphatic hydroxyl groups excluding tert-OH is 1. The standard InChI is InChI=1S/C22H18O5/c1-25-16-9-10-17-18(11-16)22(24)27-20-4-2-3-19(21(17)20)26-13-15-7-5-14(12-23)6-8-15/h2-11,23H,12-13H2,1H3. The fourth-order valence-corrected chi connectivity index (χ4v) is 3.08. The van der Waals surface area contributed by atoms with Crippen LogP contribution in [0.15, 0.2) is 69.9 Å². The van der Waals surface area contributed by atoms with Crippen LogP contribution >= 0.6 is 0 Å². The first-order valence-corrected chi connectivity index (χ1v) is 8.54. The fraction of sp³-hybridized carbons (Fsp3) is 0.136. The predicted octanol–water partition coefficient (Wildman–Crippen LogP) is 4.03. The van der Waals surface area contributed by atoms with Gasteiger partial charge in [-0.25, -0.2) is 4.79 Å². The zero-order chi connectivity index (χ0) is 18.8. The van der Waals surface area contributed by atoms with Crippen molar-refractivity contribution in [2.75, 3.05) is 7.11 Å². The van der Waals surface area contributed by atoms with Gasteiger partial charge in [-0.2, -0.15) is 0 Å². The van der Waals surface area contributed by atoms with Gasteiger partial charge in [0.05, 0.1) is 24.5 Å². The number of rotatable bonds is 5. The number of fused-ring (bicyclic) bond motifs is 3. The highest BCUT2D eigenvalue weighted by molar-refractivity contribution is 6.07. The Labute approximate surface area is 155 Å². The van der Waals surface area contributed by atoms with Gasteiger partial charge >= 0.3 is 5.63 Å². The molecule has 0 amide bonds. The van der Waals surface area contributed by atoms with Crippen LogP contribution in [0.5, 0.6) is 11.5 Å². The molecule has 0 atom stereocenters. The lowest BCUT2D eigenvalue weighted by atomic mass is 10.1. The Kier molecular flexibility index (Phi) is 4.52. The average molecular weight is 362 g/mol. The van der Waals surface area contributed by atoms with Crippen LogP contribution in [-0.2, 0) is 13.2 Å². The average Bonchev–Trinajstić information content (AvgIpc) is 2.72. The molecule has 4 rings (SSSR count). The monoisotopic (exact) mass is 362 g/mol. The molecular formula is C22H18O5. The van der Waals surface area contributed by atoms with Gasteiger partial charge in [0.2, 0.25) is 0 Å². The normalized spacial score (nSPS) is 11.0. The molecule has 0 aliphatic heterocycles. The van der Waals surface area contributed by atoms with Crippen molar-refractivity contribution >= 4 is 21.7 Å². The van der Waals surface area contributed by atoms with Crippen LogP contribution in [0.25, 0.3) is 21.7 Å². The molecule has 0 aliphatic rings. The first kappa shape index (κ1) is 17.1. The summed E-state index contributed by atoms with van der Waals surface area (Å²) in [5, 5.41) is 11.1. The summed E-state index contributed by atoms with van der Waals surface area (Å²) in [6, 6.07) is 18.3. The molecule has 0 unspecified atom stereocenters. The van der Waals surface area contributed by atoms with Gasteiger partial charge in [0, 0.05) is 5.39 Å². The molecule has 1 heterocycles. The number of hydrogen-bond acceptors (Lipinski definition) is 5. The highest BCUT2D eigenvalue weighted by Gasteiger charge is 2.13. The molecule has 0 saturated heterocycles. The Bertz CT molecular complexity index is 1160. The van der Waals surface area contributed by atoms with Gasteiger partial charge in [-0.1, -0.05) is 30.3 Å². The molecule has 0 aliphatic carbocycles. The Balaban J connectivity index is 1.78. The molecule has 1 N–H and O–H groups in total. The number of benzene rings is 3. The second-order valence-electron chi connectivity index (χ2n) is 6.19. The topological polar surface area (TPSA) is 68.9 Å². The van der Waals surface area contributed by atoms with Gasteiger partial charge in [-0.05, 0) is 41.5 Å². The Hall–Kier alpha value is -3.31. The minimum atomic E-state index is -0.409. The molecular weight excluding hydrogens is 344 g/mol. The molecule has 0 bridgehead atoms. The van der Waals surface area contributed by atoms with Crippen molar-refractivity contribution in [3.63, 3.8) is 0 Å². The summed E-state index contributed by atoms with van der Waals surface area (Å²) in [5.74, 6) is 1.23. The van der Waals surface area contributed by atoms with Crippen molar-refractivity contribution in [2.45, 2.75) is 13.2 Å². The van der Waals surface area contributed by atoms with E-state index in [9.17, 15) is 4.79 Å². The van der Waals surface area contributed by atoms with E-state index in [0.29, 0.717) is 29.1 Å². The summed E-state index contributed by atoms with van der Waals surface area (Å²) in [6.45, 7) is 0.376. The third-order valence-corrected chi connectivity index (χ3v) is 4.51. The van der Waals surface area contributed by atoms with E-state index in [4.69, 9.17) is 19.0 Å². The van der Waals surface area contributed by atoms with Gasteiger partial charge in [0.25, 0.3) is 0 Å². The zero-order valence-corrected chi connectivity index (χ0v) is 14.8. The van der Waals surface area contributed by atoms with Crippen LogP contribution in [0.2, 0.25) is 0 Å². The molecule has 0 radical (unpaired) electrons. The quantitative estimate of drug-likeness (QED) is 0.429. The molecule has 5 nitrogen and oxygen atoms in total. The van der Waals surface area contributed by atoms with E-state index < -0.39 is 5.63 Å². The largest absolute Gasteiger partial charge is 0.497 e. The molecule has 1 aromatic heterocycles. The Morgan fingerprint density at radius 1 is 0.963 bits per heavy atom. The molecule has 0 fully saturated rings. The first-order valence-electron chi connectivity index (χ1n) is 8.54. The minimum absolute atomic E-state index is 0.0128. The van der Waals surface area contributed by atoms with E-state index in [1.807, 2.05) is 42.5 Å². The van der Waals surface area contributed by atoms with Crippen LogP contribution in [-0.4, -0.2) is 12.2 Å². The van der Waals surface area contributed by atoms with Crippen molar-refractivity contribution in [1.82, 2.24) is 0 Å². The summed E-state index contributed by atoms with van der Waals surface area (Å²) in [7, 11) is 1.56. The van der Waals surface area contributed by atoms with E-state index in [0.717, 1.165) is 21.9 Å². The highest BCUT2D eigenvalue weighted by atomic mass is 16.5. The van der Waals surface area contributed by atoms with Crippen molar-refractivity contribution in [2.24, 2.45) is 0 Å². The smallest absolute Gasteiger partial charge is 0.344 e. The van der Waals surface area contributed by atoms with Gasteiger partial charge in [0.1, 0.15) is 23.7 Å². The zero-order valence-electron chi connectivity index (χ0n) is 14.8. The van der Waals surface area contributed by atoms with Crippen LogP contribution in [0.1, 0.15) is 11.1 Å². The van der Waals surface area contributed by atoms with E-state index >= 15 is 0 Å². The van der Waals surface area contributed by atoms with Crippen molar-refractivity contribution in [3.05, 3.63) is 82.2 Å². The van der Waals surface area contributed by atoms with Crippen molar-refractivity contribution in [3.8, 4) is 11.5 Å². The molecule has 0 saturated carbocycles. The Morgan fingerprint density at radius 2 is 1.74 bits per heavy atom. The molecule has 0 spiro atoms. The van der Waals surface area contributed by atoms with E-state index in [1.54, 1.807) is 25.3 Å². The van der Waals surface area contributed by atoms with Gasteiger partial charge in [-0.3, -0.25) is 0 Å². The van der Waals surface area contributed by atoms with Gasteiger partial charge < -0.3 is 19.0 Å². The maximum atomic E-state index is 12.3. The second kappa shape index (κ2) is 7.13. The molecule has 3 aromatic carbocycles. The number of aliphatic hydroxyl groups is 1. The maximum absolute atomic E-state index is 12.3. The van der Waals surface area contributed by atoms with Gasteiger partial charge in [-0.15, -0.1) is 0 Å². The van der Waals surface area contributed by atoms with Crippen LogP contribution in [0.3, 0.4) is 0 Å². The molecule has 136 valence electrons. The summed E-state index contributed by atoms with van der Waals surface area (Å²) in [6.07, 6.45) is 0. The van der Waals surface area contributed by atoms with Crippen LogP contribution in [0.4, 0.5) is 0 Å². The minimum Gasteiger partial charge on any atom is -0.497 e. The summed E-state index contributed by atoms with van der Waals surface area (Å²) < 4.78 is 16.7. The summed E-state index contributed by atoms with van der Waals surface area (Å²) in [5.41, 5.74) is 1.90. The van der Waals surface area contributed by atoms with Crippen LogP contribution < -0.4 is 15.1 Å². The SMILES string of the molecule is COc1ccc2c(c1)c(=O)oc1cccc(OCc3ccc(CO)cc3)c12. The lowest BCUT2D eigenvalue weighted by molar-refractivity contribution is 0.281. The highest BCUT2D eigenvalue weighted by Crippen LogP contribution is 2.33. The van der Waals surface area contributed by atoms with Crippen LogP contribution in [0, 0.1) is 0 Å². The van der Waals surface area contributed by atoms with E-state index in [2.05, 4.69) is 0 Å². The molecule has 4 aromatic rings.